The van der Waals surface area contributed by atoms with Gasteiger partial charge < -0.3 is 10.1 Å². The number of aromatic nitrogens is 2. The van der Waals surface area contributed by atoms with Gasteiger partial charge in [0, 0.05) is 47.0 Å². The van der Waals surface area contributed by atoms with Gasteiger partial charge in [0.25, 0.3) is 0 Å². The van der Waals surface area contributed by atoms with E-state index in [9.17, 15) is 4.79 Å². The van der Waals surface area contributed by atoms with Crippen LogP contribution in [0.5, 0.6) is 5.75 Å². The van der Waals surface area contributed by atoms with Crippen molar-refractivity contribution in [1.82, 2.24) is 14.7 Å². The zero-order valence-electron chi connectivity index (χ0n) is 22.5. The Balaban J connectivity index is 1.36. The Morgan fingerprint density at radius 2 is 1.79 bits per heavy atom. The van der Waals surface area contributed by atoms with Crippen molar-refractivity contribution in [2.75, 3.05) is 42.0 Å². The van der Waals surface area contributed by atoms with Gasteiger partial charge in [-0.2, -0.15) is 5.10 Å². The van der Waals surface area contributed by atoms with Gasteiger partial charge >= 0.3 is 6.03 Å². The summed E-state index contributed by atoms with van der Waals surface area (Å²) in [6.45, 7) is 11.0. The van der Waals surface area contributed by atoms with Crippen LogP contribution < -0.4 is 15.4 Å². The first-order chi connectivity index (χ1) is 18.3. The summed E-state index contributed by atoms with van der Waals surface area (Å²) >= 11 is 1.96. The van der Waals surface area contributed by atoms with Crippen molar-refractivity contribution >= 4 is 40.1 Å². The zero-order chi connectivity index (χ0) is 26.7. The first-order valence-corrected chi connectivity index (χ1v) is 14.1. The lowest BCUT2D eigenvalue weighted by Gasteiger charge is -2.17. The minimum atomic E-state index is -0.328. The van der Waals surface area contributed by atoms with Crippen molar-refractivity contribution in [2.24, 2.45) is 0 Å². The standard InChI is InChI=1S/C30H35N5O2S/c1-21-9-5-8-12-25(21)35-28(19-27(33-35)30(2,3)4)32-29(36)31-24-13-14-26(23-11-7-6-10-22(23)24)37-17-15-34-16-18-38-20-34/h5-14,19H,15-18,20H2,1-4H3,(H2,31,32,36). The number of nitrogens with zero attached hydrogens (tertiary/aromatic N) is 3. The highest BCUT2D eigenvalue weighted by Crippen LogP contribution is 2.32. The third-order valence-corrected chi connectivity index (χ3v) is 7.71. The molecule has 198 valence electrons. The van der Waals surface area contributed by atoms with E-state index in [1.807, 2.05) is 90.1 Å². The van der Waals surface area contributed by atoms with Gasteiger partial charge in [0.15, 0.2) is 0 Å². The van der Waals surface area contributed by atoms with E-state index < -0.39 is 0 Å². The summed E-state index contributed by atoms with van der Waals surface area (Å²) in [5, 5.41) is 12.8. The van der Waals surface area contributed by atoms with Gasteiger partial charge in [-0.1, -0.05) is 63.2 Å². The number of aryl methyl sites for hydroxylation is 1. The second-order valence-corrected chi connectivity index (χ2v) is 11.7. The number of hydrogen-bond donors (Lipinski definition) is 2. The Hall–Kier alpha value is -3.49. The lowest BCUT2D eigenvalue weighted by Crippen LogP contribution is -2.25. The molecule has 2 amide bonds. The van der Waals surface area contributed by atoms with Crippen LogP contribution >= 0.6 is 11.8 Å². The van der Waals surface area contributed by atoms with Crippen LogP contribution in [0.4, 0.5) is 16.3 Å². The largest absolute Gasteiger partial charge is 0.492 e. The Morgan fingerprint density at radius 1 is 1.03 bits per heavy atom. The molecule has 0 unspecified atom stereocenters. The van der Waals surface area contributed by atoms with Gasteiger partial charge in [-0.05, 0) is 30.7 Å². The van der Waals surface area contributed by atoms with Gasteiger partial charge in [-0.15, -0.1) is 11.8 Å². The molecule has 5 rings (SSSR count). The summed E-state index contributed by atoms with van der Waals surface area (Å²) in [6, 6.07) is 21.5. The van der Waals surface area contributed by atoms with Gasteiger partial charge in [0.05, 0.1) is 17.1 Å². The third kappa shape index (κ3) is 5.81. The topological polar surface area (TPSA) is 71.4 Å². The average molecular weight is 530 g/mol. The number of nitrogens with one attached hydrogen (secondary N) is 2. The molecule has 1 aromatic heterocycles. The summed E-state index contributed by atoms with van der Waals surface area (Å²) in [5.41, 5.74) is 3.46. The van der Waals surface area contributed by atoms with E-state index >= 15 is 0 Å². The Morgan fingerprint density at radius 3 is 2.53 bits per heavy atom. The van der Waals surface area contributed by atoms with Crippen LogP contribution in [0, 0.1) is 6.92 Å². The number of thioether (sulfide) groups is 1. The highest BCUT2D eigenvalue weighted by Gasteiger charge is 2.22. The molecule has 0 saturated carbocycles. The fourth-order valence-corrected chi connectivity index (χ4v) is 5.54. The van der Waals surface area contributed by atoms with E-state index in [0.29, 0.717) is 12.4 Å². The molecule has 0 radical (unpaired) electrons. The highest BCUT2D eigenvalue weighted by molar-refractivity contribution is 7.99. The van der Waals surface area contributed by atoms with Crippen LogP contribution in [-0.4, -0.2) is 52.0 Å². The monoisotopic (exact) mass is 529 g/mol. The van der Waals surface area contributed by atoms with Crippen molar-refractivity contribution in [3.8, 4) is 11.4 Å². The van der Waals surface area contributed by atoms with Crippen molar-refractivity contribution in [1.29, 1.82) is 0 Å². The molecule has 2 heterocycles. The van der Waals surface area contributed by atoms with E-state index in [1.54, 1.807) is 0 Å². The molecule has 4 aromatic rings. The first kappa shape index (κ1) is 26.1. The number of fused-ring (bicyclic) bond motifs is 1. The van der Waals surface area contributed by atoms with Crippen LogP contribution in [0.15, 0.2) is 66.7 Å². The van der Waals surface area contributed by atoms with Crippen LogP contribution in [0.3, 0.4) is 0 Å². The number of amides is 2. The Bertz CT molecular complexity index is 1440. The van der Waals surface area contributed by atoms with Crippen LogP contribution in [0.1, 0.15) is 32.0 Å². The molecule has 0 spiro atoms. The molecule has 1 aliphatic heterocycles. The number of para-hydroxylation sites is 1. The fourth-order valence-electron chi connectivity index (χ4n) is 4.51. The number of anilines is 2. The number of rotatable bonds is 7. The predicted octanol–water partition coefficient (Wildman–Crippen LogP) is 6.66. The minimum Gasteiger partial charge on any atom is -0.492 e. The molecule has 0 bridgehead atoms. The number of urea groups is 1. The maximum absolute atomic E-state index is 13.3. The molecule has 1 fully saturated rings. The van der Waals surface area contributed by atoms with Crippen LogP contribution in [0.2, 0.25) is 0 Å². The number of carbonyl (C=O) groups is 1. The van der Waals surface area contributed by atoms with Gasteiger partial charge in [-0.3, -0.25) is 10.2 Å². The van der Waals surface area contributed by atoms with Gasteiger partial charge in [0.2, 0.25) is 0 Å². The van der Waals surface area contributed by atoms with E-state index in [0.717, 1.165) is 58.1 Å². The smallest absolute Gasteiger partial charge is 0.324 e. The molecule has 3 aromatic carbocycles. The van der Waals surface area contributed by atoms with E-state index in [4.69, 9.17) is 9.84 Å². The van der Waals surface area contributed by atoms with E-state index in [1.165, 1.54) is 5.75 Å². The highest BCUT2D eigenvalue weighted by atomic mass is 32.2. The third-order valence-electron chi connectivity index (χ3n) is 6.69. The maximum atomic E-state index is 13.3. The summed E-state index contributed by atoms with van der Waals surface area (Å²) < 4.78 is 7.97. The first-order valence-electron chi connectivity index (χ1n) is 13.0. The number of carbonyl (C=O) groups excluding carboxylic acids is 1. The molecule has 1 aliphatic rings. The minimum absolute atomic E-state index is 0.166. The zero-order valence-corrected chi connectivity index (χ0v) is 23.3. The molecular weight excluding hydrogens is 494 g/mol. The number of hydrogen-bond acceptors (Lipinski definition) is 5. The second kappa shape index (κ2) is 11.1. The molecular formula is C30H35N5O2S. The van der Waals surface area contributed by atoms with E-state index in [-0.39, 0.29) is 11.4 Å². The fraction of sp³-hybridized carbons (Fsp3) is 0.333. The second-order valence-electron chi connectivity index (χ2n) is 10.6. The predicted molar refractivity (Wildman–Crippen MR) is 158 cm³/mol. The van der Waals surface area contributed by atoms with Crippen molar-refractivity contribution in [3.05, 3.63) is 78.0 Å². The summed E-state index contributed by atoms with van der Waals surface area (Å²) in [5.74, 6) is 3.70. The molecule has 0 atom stereocenters. The molecule has 2 N–H and O–H groups in total. The summed E-state index contributed by atoms with van der Waals surface area (Å²) in [4.78, 5) is 15.7. The lowest BCUT2D eigenvalue weighted by molar-refractivity contribution is 0.246. The average Bonchev–Trinajstić information content (AvgIpc) is 3.56. The van der Waals surface area contributed by atoms with Crippen molar-refractivity contribution in [2.45, 2.75) is 33.1 Å². The maximum Gasteiger partial charge on any atom is 0.324 e. The quantitative estimate of drug-likeness (QED) is 0.280. The Kier molecular flexibility index (Phi) is 7.63. The molecule has 38 heavy (non-hydrogen) atoms. The molecule has 0 aliphatic carbocycles. The van der Waals surface area contributed by atoms with Gasteiger partial charge in [-0.25, -0.2) is 9.48 Å². The van der Waals surface area contributed by atoms with Crippen molar-refractivity contribution in [3.63, 3.8) is 0 Å². The summed E-state index contributed by atoms with van der Waals surface area (Å²) in [7, 11) is 0. The van der Waals surface area contributed by atoms with Crippen LogP contribution in [-0.2, 0) is 5.41 Å². The Labute approximate surface area is 228 Å². The lowest BCUT2D eigenvalue weighted by atomic mass is 9.92. The number of ether oxygens (including phenoxy) is 1. The molecule has 1 saturated heterocycles. The van der Waals surface area contributed by atoms with Crippen LogP contribution in [0.25, 0.3) is 16.5 Å². The van der Waals surface area contributed by atoms with E-state index in [2.05, 4.69) is 36.3 Å². The molecule has 8 heteroatoms. The SMILES string of the molecule is Cc1ccccc1-n1nc(C(C)(C)C)cc1NC(=O)Nc1ccc(OCCN2CCSC2)c2ccccc12. The summed E-state index contributed by atoms with van der Waals surface area (Å²) in [6.07, 6.45) is 0. The van der Waals surface area contributed by atoms with Gasteiger partial charge in [0.1, 0.15) is 18.2 Å². The van der Waals surface area contributed by atoms with Crippen molar-refractivity contribution < 1.29 is 9.53 Å². The number of benzene rings is 3. The normalized spacial score (nSPS) is 14.1. The molecule has 7 nitrogen and oxygen atoms in total.